The van der Waals surface area contributed by atoms with E-state index in [-0.39, 0.29) is 10.7 Å². The molecule has 0 aliphatic heterocycles. The number of rotatable bonds is 5. The second-order valence-corrected chi connectivity index (χ2v) is 10.9. The predicted molar refractivity (Wildman–Crippen MR) is 98.9 cm³/mol. The first-order valence-electron chi connectivity index (χ1n) is 8.53. The van der Waals surface area contributed by atoms with Gasteiger partial charge in [-0.3, -0.25) is 0 Å². The zero-order valence-corrected chi connectivity index (χ0v) is 17.1. The first kappa shape index (κ1) is 18.6. The molecule has 0 radical (unpaired) electrons. The number of halogens is 1. The molecule has 2 aromatic rings. The van der Waals surface area contributed by atoms with Crippen molar-refractivity contribution in [3.05, 3.63) is 40.5 Å². The van der Waals surface area contributed by atoms with Crippen LogP contribution >= 0.6 is 15.9 Å². The molecule has 1 aromatic heterocycles. The largest absolute Gasteiger partial charge is 0.339 e. The van der Waals surface area contributed by atoms with Crippen molar-refractivity contribution in [3.8, 4) is 0 Å². The van der Waals surface area contributed by atoms with E-state index in [1.165, 1.54) is 12.8 Å². The zero-order chi connectivity index (χ0) is 18.2. The van der Waals surface area contributed by atoms with E-state index < -0.39 is 14.6 Å². The fourth-order valence-corrected chi connectivity index (χ4v) is 5.04. The smallest absolute Gasteiger partial charge is 0.226 e. The van der Waals surface area contributed by atoms with Crippen LogP contribution in [0.25, 0.3) is 0 Å². The Kier molecular flexibility index (Phi) is 5.08. The number of aromatic nitrogens is 2. The molecule has 0 bridgehead atoms. The van der Waals surface area contributed by atoms with Gasteiger partial charge in [-0.2, -0.15) is 4.98 Å². The van der Waals surface area contributed by atoms with Crippen LogP contribution in [0.5, 0.6) is 0 Å². The summed E-state index contributed by atoms with van der Waals surface area (Å²) in [6.07, 6.45) is 4.29. The average molecular weight is 427 g/mol. The number of hydrogen-bond acceptors (Lipinski definition) is 5. The second-order valence-electron chi connectivity index (χ2n) is 7.47. The standard InChI is InChI=1S/C18H23BrN2O3S/c1-12-4-5-13(10-12)11-16-20-17(21-24-16)18(2,3)25(22,23)15-8-6-14(19)7-9-15/h6-9,12-13H,4-5,10-11H2,1-3H3/t12-,13-/m1/s1. The zero-order valence-electron chi connectivity index (χ0n) is 14.7. The summed E-state index contributed by atoms with van der Waals surface area (Å²) in [6, 6.07) is 6.60. The Balaban J connectivity index is 1.83. The molecular formula is C18H23BrN2O3S. The summed E-state index contributed by atoms with van der Waals surface area (Å²) in [4.78, 5) is 4.66. The summed E-state index contributed by atoms with van der Waals surface area (Å²) in [5.74, 6) is 2.04. The molecule has 136 valence electrons. The number of hydrogen-bond donors (Lipinski definition) is 0. The third-order valence-electron chi connectivity index (χ3n) is 5.07. The second kappa shape index (κ2) is 6.83. The van der Waals surface area contributed by atoms with E-state index in [4.69, 9.17) is 4.52 Å². The minimum atomic E-state index is -3.64. The minimum absolute atomic E-state index is 0.219. The van der Waals surface area contributed by atoms with Gasteiger partial charge in [-0.15, -0.1) is 0 Å². The van der Waals surface area contributed by atoms with Gasteiger partial charge < -0.3 is 4.52 Å². The lowest BCUT2D eigenvalue weighted by atomic mass is 10.0. The van der Waals surface area contributed by atoms with Crippen LogP contribution in [0, 0.1) is 11.8 Å². The molecule has 1 fully saturated rings. The normalized spacial score (nSPS) is 21.6. The van der Waals surface area contributed by atoms with E-state index in [1.807, 2.05) is 0 Å². The molecule has 7 heteroatoms. The molecule has 0 N–H and O–H groups in total. The monoisotopic (exact) mass is 426 g/mol. The maximum Gasteiger partial charge on any atom is 0.226 e. The molecule has 5 nitrogen and oxygen atoms in total. The highest BCUT2D eigenvalue weighted by molar-refractivity contribution is 9.10. The predicted octanol–water partition coefficient (Wildman–Crippen LogP) is 4.52. The summed E-state index contributed by atoms with van der Waals surface area (Å²) in [6.45, 7) is 5.50. The topological polar surface area (TPSA) is 73.1 Å². The Labute approximate surface area is 157 Å². The van der Waals surface area contributed by atoms with Gasteiger partial charge >= 0.3 is 0 Å². The van der Waals surface area contributed by atoms with Crippen LogP contribution in [0.15, 0.2) is 38.2 Å². The lowest BCUT2D eigenvalue weighted by Crippen LogP contribution is -2.30. The summed E-state index contributed by atoms with van der Waals surface area (Å²) in [5, 5.41) is 3.98. The van der Waals surface area contributed by atoms with Crippen LogP contribution in [-0.2, 0) is 21.0 Å². The summed E-state index contributed by atoms with van der Waals surface area (Å²) < 4.78 is 31.0. The Morgan fingerprint density at radius 2 is 1.92 bits per heavy atom. The lowest BCUT2D eigenvalue weighted by molar-refractivity contribution is 0.344. The summed E-state index contributed by atoms with van der Waals surface area (Å²) in [5.41, 5.74) is 0. The fourth-order valence-electron chi connectivity index (χ4n) is 3.37. The first-order valence-corrected chi connectivity index (χ1v) is 10.8. The molecular weight excluding hydrogens is 404 g/mol. The number of nitrogens with zero attached hydrogens (tertiary/aromatic N) is 2. The van der Waals surface area contributed by atoms with Crippen molar-refractivity contribution in [1.82, 2.24) is 10.1 Å². The van der Waals surface area contributed by atoms with Gasteiger partial charge in [0.25, 0.3) is 0 Å². The van der Waals surface area contributed by atoms with Gasteiger partial charge in [-0.25, -0.2) is 8.42 Å². The molecule has 0 saturated heterocycles. The molecule has 0 amide bonds. The van der Waals surface area contributed by atoms with Gasteiger partial charge in [0.05, 0.1) is 4.90 Å². The van der Waals surface area contributed by atoms with E-state index in [2.05, 4.69) is 33.0 Å². The Bertz CT molecular complexity index is 843. The molecule has 2 atom stereocenters. The molecule has 0 unspecified atom stereocenters. The van der Waals surface area contributed by atoms with Crippen LogP contribution in [0.1, 0.15) is 51.7 Å². The quantitative estimate of drug-likeness (QED) is 0.702. The third kappa shape index (κ3) is 3.67. The SMILES string of the molecule is C[C@@H]1CC[C@@H](Cc2nc(C(C)(C)S(=O)(=O)c3ccc(Br)cc3)no2)C1. The molecule has 3 rings (SSSR count). The van der Waals surface area contributed by atoms with Gasteiger partial charge in [-0.05, 0) is 62.8 Å². The minimum Gasteiger partial charge on any atom is -0.339 e. The highest BCUT2D eigenvalue weighted by Gasteiger charge is 2.42. The van der Waals surface area contributed by atoms with Crippen molar-refractivity contribution < 1.29 is 12.9 Å². The van der Waals surface area contributed by atoms with Gasteiger partial charge in [0.15, 0.2) is 15.7 Å². The van der Waals surface area contributed by atoms with Gasteiger partial charge in [-0.1, -0.05) is 34.4 Å². The van der Waals surface area contributed by atoms with Crippen molar-refractivity contribution in [2.75, 3.05) is 0 Å². The lowest BCUT2D eigenvalue weighted by Gasteiger charge is -2.21. The molecule has 1 aliphatic rings. The van der Waals surface area contributed by atoms with E-state index in [0.717, 1.165) is 23.2 Å². The van der Waals surface area contributed by atoms with Crippen LogP contribution in [0.4, 0.5) is 0 Å². The molecule has 1 aromatic carbocycles. The van der Waals surface area contributed by atoms with E-state index in [0.29, 0.717) is 11.8 Å². The van der Waals surface area contributed by atoms with Crippen molar-refractivity contribution in [3.63, 3.8) is 0 Å². The Morgan fingerprint density at radius 3 is 2.52 bits per heavy atom. The van der Waals surface area contributed by atoms with E-state index in [9.17, 15) is 8.42 Å². The van der Waals surface area contributed by atoms with Gasteiger partial charge in [0.1, 0.15) is 4.75 Å². The van der Waals surface area contributed by atoms with Gasteiger partial charge in [0, 0.05) is 10.9 Å². The van der Waals surface area contributed by atoms with Crippen molar-refractivity contribution in [1.29, 1.82) is 0 Å². The number of benzene rings is 1. The molecule has 1 heterocycles. The Hall–Kier alpha value is -1.21. The van der Waals surface area contributed by atoms with Crippen LogP contribution in [0.2, 0.25) is 0 Å². The molecule has 0 spiro atoms. The Morgan fingerprint density at radius 1 is 1.24 bits per heavy atom. The average Bonchev–Trinajstić information content (AvgIpc) is 3.17. The van der Waals surface area contributed by atoms with Crippen molar-refractivity contribution in [2.24, 2.45) is 11.8 Å². The van der Waals surface area contributed by atoms with Crippen LogP contribution < -0.4 is 0 Å². The molecule has 25 heavy (non-hydrogen) atoms. The number of sulfone groups is 1. The van der Waals surface area contributed by atoms with Crippen LogP contribution in [-0.4, -0.2) is 18.6 Å². The highest BCUT2D eigenvalue weighted by atomic mass is 79.9. The fraction of sp³-hybridized carbons (Fsp3) is 0.556. The third-order valence-corrected chi connectivity index (χ3v) is 8.02. The molecule has 1 aliphatic carbocycles. The highest BCUT2D eigenvalue weighted by Crippen LogP contribution is 2.35. The van der Waals surface area contributed by atoms with Crippen molar-refractivity contribution >= 4 is 25.8 Å². The maximum absolute atomic E-state index is 13.0. The van der Waals surface area contributed by atoms with Crippen molar-refractivity contribution in [2.45, 2.75) is 56.1 Å². The summed E-state index contributed by atoms with van der Waals surface area (Å²) in [7, 11) is -3.64. The van der Waals surface area contributed by atoms with E-state index >= 15 is 0 Å². The maximum atomic E-state index is 13.0. The van der Waals surface area contributed by atoms with Crippen LogP contribution in [0.3, 0.4) is 0 Å². The van der Waals surface area contributed by atoms with E-state index in [1.54, 1.807) is 38.1 Å². The molecule has 1 saturated carbocycles. The summed E-state index contributed by atoms with van der Waals surface area (Å²) >= 11 is 3.32. The first-order chi connectivity index (χ1) is 11.7. The van der Waals surface area contributed by atoms with Gasteiger partial charge in [0.2, 0.25) is 5.89 Å².